The lowest BCUT2D eigenvalue weighted by Crippen LogP contribution is -2.35. The van der Waals surface area contributed by atoms with E-state index < -0.39 is 12.6 Å². The van der Waals surface area contributed by atoms with Crippen LogP contribution in [0, 0.1) is 0 Å². The van der Waals surface area contributed by atoms with Gasteiger partial charge in [0.05, 0.1) is 18.7 Å². The predicted octanol–water partition coefficient (Wildman–Crippen LogP) is 3.28. The predicted molar refractivity (Wildman–Crippen MR) is 69.2 cm³/mol. The van der Waals surface area contributed by atoms with Crippen LogP contribution >= 0.6 is 11.3 Å². The summed E-state index contributed by atoms with van der Waals surface area (Å²) < 4.78 is 42.1. The lowest BCUT2D eigenvalue weighted by atomic mass is 10.1. The van der Waals surface area contributed by atoms with Gasteiger partial charge in [-0.2, -0.15) is 13.2 Å². The Morgan fingerprint density at radius 2 is 1.89 bits per heavy atom. The molecule has 0 saturated carbocycles. The van der Waals surface area contributed by atoms with Crippen LogP contribution in [0.2, 0.25) is 0 Å². The van der Waals surface area contributed by atoms with Crippen molar-refractivity contribution >= 4 is 11.3 Å². The standard InChI is InChI=1S/C12H19F3N2OS/c1-11(2,3)16-6-9-8(7-18-4)17-10(19-9)5-12(13,14)15/h16H,5-7H2,1-4H3. The average Bonchev–Trinajstić information content (AvgIpc) is 2.54. The number of halogens is 3. The second kappa shape index (κ2) is 6.19. The molecule has 1 rings (SSSR count). The highest BCUT2D eigenvalue weighted by Crippen LogP contribution is 2.27. The molecule has 7 heteroatoms. The summed E-state index contributed by atoms with van der Waals surface area (Å²) in [6.07, 6.45) is -5.21. The van der Waals surface area contributed by atoms with Gasteiger partial charge in [0.2, 0.25) is 0 Å². The Balaban J connectivity index is 2.82. The summed E-state index contributed by atoms with van der Waals surface area (Å²) in [5.74, 6) is 0. The molecule has 0 amide bonds. The highest BCUT2D eigenvalue weighted by Gasteiger charge is 2.30. The van der Waals surface area contributed by atoms with Gasteiger partial charge < -0.3 is 10.1 Å². The maximum absolute atomic E-state index is 12.4. The fourth-order valence-electron chi connectivity index (χ4n) is 1.42. The summed E-state index contributed by atoms with van der Waals surface area (Å²) in [6, 6.07) is 0. The zero-order chi connectivity index (χ0) is 14.7. The molecular weight excluding hydrogens is 277 g/mol. The number of ether oxygens (including phenoxy) is 1. The van der Waals surface area contributed by atoms with Crippen LogP contribution in [0.1, 0.15) is 36.3 Å². The molecule has 1 aromatic heterocycles. The molecule has 0 spiro atoms. The van der Waals surface area contributed by atoms with E-state index in [0.29, 0.717) is 12.2 Å². The largest absolute Gasteiger partial charge is 0.395 e. The normalized spacial score (nSPS) is 13.0. The highest BCUT2D eigenvalue weighted by atomic mass is 32.1. The van der Waals surface area contributed by atoms with E-state index in [1.807, 2.05) is 20.8 Å². The van der Waals surface area contributed by atoms with Crippen LogP contribution < -0.4 is 5.32 Å². The first kappa shape index (κ1) is 16.4. The Hall–Kier alpha value is -0.660. The molecule has 110 valence electrons. The summed E-state index contributed by atoms with van der Waals surface area (Å²) in [7, 11) is 1.50. The van der Waals surface area contributed by atoms with Gasteiger partial charge in [-0.15, -0.1) is 11.3 Å². The summed E-state index contributed by atoms with van der Waals surface area (Å²) >= 11 is 1.09. The van der Waals surface area contributed by atoms with Gasteiger partial charge in [0.1, 0.15) is 5.01 Å². The van der Waals surface area contributed by atoms with Gasteiger partial charge in [0, 0.05) is 24.1 Å². The van der Waals surface area contributed by atoms with E-state index in [1.54, 1.807) is 0 Å². The SMILES string of the molecule is COCc1nc(CC(F)(F)F)sc1CNC(C)(C)C. The maximum Gasteiger partial charge on any atom is 0.395 e. The molecule has 0 atom stereocenters. The van der Waals surface area contributed by atoms with Crippen LogP contribution in [0.25, 0.3) is 0 Å². The van der Waals surface area contributed by atoms with Crippen molar-refractivity contribution in [1.82, 2.24) is 10.3 Å². The van der Waals surface area contributed by atoms with Crippen LogP contribution in [0.4, 0.5) is 13.2 Å². The molecule has 0 saturated heterocycles. The summed E-state index contributed by atoms with van der Waals surface area (Å²) in [5.41, 5.74) is 0.488. The van der Waals surface area contributed by atoms with Gasteiger partial charge in [0.15, 0.2) is 0 Å². The van der Waals surface area contributed by atoms with Crippen molar-refractivity contribution in [2.75, 3.05) is 7.11 Å². The first-order valence-electron chi connectivity index (χ1n) is 5.89. The van der Waals surface area contributed by atoms with Crippen LogP contribution in [-0.2, 0) is 24.3 Å². The Labute approximate surface area is 115 Å². The van der Waals surface area contributed by atoms with E-state index >= 15 is 0 Å². The van der Waals surface area contributed by atoms with Gasteiger partial charge >= 0.3 is 6.18 Å². The zero-order valence-electron chi connectivity index (χ0n) is 11.5. The van der Waals surface area contributed by atoms with Crippen molar-refractivity contribution < 1.29 is 17.9 Å². The Bertz CT molecular complexity index is 410. The molecule has 0 aliphatic heterocycles. The van der Waals surface area contributed by atoms with E-state index in [2.05, 4.69) is 10.3 Å². The van der Waals surface area contributed by atoms with Gasteiger partial charge in [-0.05, 0) is 20.8 Å². The van der Waals surface area contributed by atoms with Gasteiger partial charge in [-0.25, -0.2) is 4.98 Å². The minimum absolute atomic E-state index is 0.0882. The van der Waals surface area contributed by atoms with Gasteiger partial charge in [-0.3, -0.25) is 0 Å². The van der Waals surface area contributed by atoms with Crippen molar-refractivity contribution in [2.45, 2.75) is 52.1 Å². The second-order valence-electron chi connectivity index (χ2n) is 5.31. The number of methoxy groups -OCH3 is 1. The monoisotopic (exact) mass is 296 g/mol. The third-order valence-corrected chi connectivity index (χ3v) is 3.33. The minimum atomic E-state index is -4.23. The highest BCUT2D eigenvalue weighted by molar-refractivity contribution is 7.11. The summed E-state index contributed by atoms with van der Waals surface area (Å²) in [6.45, 7) is 6.73. The second-order valence-corrected chi connectivity index (χ2v) is 6.47. The number of nitrogens with zero attached hydrogens (tertiary/aromatic N) is 1. The minimum Gasteiger partial charge on any atom is -0.378 e. The Kier molecular flexibility index (Phi) is 5.34. The topological polar surface area (TPSA) is 34.1 Å². The van der Waals surface area contributed by atoms with E-state index in [0.717, 1.165) is 16.2 Å². The maximum atomic E-state index is 12.4. The van der Waals surface area contributed by atoms with Crippen LogP contribution in [0.3, 0.4) is 0 Å². The fraction of sp³-hybridized carbons (Fsp3) is 0.750. The van der Waals surface area contributed by atoms with E-state index in [-0.39, 0.29) is 17.2 Å². The first-order chi connectivity index (χ1) is 8.61. The smallest absolute Gasteiger partial charge is 0.378 e. The number of nitrogens with one attached hydrogen (secondary N) is 1. The third kappa shape index (κ3) is 6.35. The van der Waals surface area contributed by atoms with Crippen molar-refractivity contribution in [2.24, 2.45) is 0 Å². The van der Waals surface area contributed by atoms with Crippen LogP contribution in [-0.4, -0.2) is 23.8 Å². The van der Waals surface area contributed by atoms with Gasteiger partial charge in [-0.1, -0.05) is 0 Å². The van der Waals surface area contributed by atoms with Crippen LogP contribution in [0.5, 0.6) is 0 Å². The van der Waals surface area contributed by atoms with Gasteiger partial charge in [0.25, 0.3) is 0 Å². The molecule has 0 aliphatic carbocycles. The first-order valence-corrected chi connectivity index (χ1v) is 6.70. The number of aromatic nitrogens is 1. The molecule has 1 heterocycles. The van der Waals surface area contributed by atoms with E-state index in [9.17, 15) is 13.2 Å². The third-order valence-electron chi connectivity index (χ3n) is 2.23. The molecule has 3 nitrogen and oxygen atoms in total. The molecule has 19 heavy (non-hydrogen) atoms. The lowest BCUT2D eigenvalue weighted by molar-refractivity contribution is -0.127. The van der Waals surface area contributed by atoms with Crippen molar-refractivity contribution in [3.8, 4) is 0 Å². The molecule has 0 radical (unpaired) electrons. The molecule has 1 N–H and O–H groups in total. The number of alkyl halides is 3. The molecule has 1 aromatic rings. The van der Waals surface area contributed by atoms with Crippen molar-refractivity contribution in [1.29, 1.82) is 0 Å². The molecule has 0 unspecified atom stereocenters. The number of hydrogen-bond acceptors (Lipinski definition) is 4. The van der Waals surface area contributed by atoms with E-state index in [1.165, 1.54) is 7.11 Å². The zero-order valence-corrected chi connectivity index (χ0v) is 12.3. The molecule has 0 bridgehead atoms. The van der Waals surface area contributed by atoms with E-state index in [4.69, 9.17) is 4.74 Å². The summed E-state index contributed by atoms with van der Waals surface area (Å²) in [5, 5.41) is 3.33. The quantitative estimate of drug-likeness (QED) is 0.905. The average molecular weight is 296 g/mol. The Morgan fingerprint density at radius 3 is 2.37 bits per heavy atom. The van der Waals surface area contributed by atoms with Crippen LogP contribution in [0.15, 0.2) is 0 Å². The summed E-state index contributed by atoms with van der Waals surface area (Å²) in [4.78, 5) is 4.82. The molecular formula is C12H19F3N2OS. The molecule has 0 aliphatic rings. The fourth-order valence-corrected chi connectivity index (χ4v) is 2.46. The number of thiazole rings is 1. The van der Waals surface area contributed by atoms with Crippen molar-refractivity contribution in [3.63, 3.8) is 0 Å². The number of hydrogen-bond donors (Lipinski definition) is 1. The number of rotatable bonds is 5. The molecule has 0 fully saturated rings. The molecule has 0 aromatic carbocycles. The Morgan fingerprint density at radius 1 is 1.26 bits per heavy atom. The lowest BCUT2D eigenvalue weighted by Gasteiger charge is -2.20. The van der Waals surface area contributed by atoms with Crippen molar-refractivity contribution in [3.05, 3.63) is 15.6 Å².